The largest absolute Gasteiger partial charge is 0.480 e. The van der Waals surface area contributed by atoms with Crippen LogP contribution in [-0.4, -0.2) is 48.3 Å². The molecular weight excluding hydrogens is 134 g/mol. The average Bonchev–Trinajstić information content (AvgIpc) is 1.90. The molecule has 62 valence electrons. The lowest BCUT2D eigenvalue weighted by molar-refractivity contribution is -0.141. The molecule has 0 saturated heterocycles. The van der Waals surface area contributed by atoms with Gasteiger partial charge in [-0.1, -0.05) is 0 Å². The van der Waals surface area contributed by atoms with Crippen LogP contribution in [0.5, 0.6) is 0 Å². The van der Waals surface area contributed by atoms with Crippen LogP contribution in [0.2, 0.25) is 0 Å². The Kier molecular flexibility index (Phi) is 7.88. The Balaban J connectivity index is 0. The van der Waals surface area contributed by atoms with Gasteiger partial charge >= 0.3 is 5.97 Å². The number of aliphatic hydroxyl groups excluding tert-OH is 1. The molecule has 0 bridgehead atoms. The topological polar surface area (TPSA) is 60.8 Å². The Bertz CT molecular complexity index is 93.0. The number of aliphatic carboxylic acids is 1. The second-order valence-corrected chi connectivity index (χ2v) is 1.98. The summed E-state index contributed by atoms with van der Waals surface area (Å²) in [4.78, 5) is 11.7. The van der Waals surface area contributed by atoms with Gasteiger partial charge in [-0.15, -0.1) is 0 Å². The van der Waals surface area contributed by atoms with Crippen molar-refractivity contribution in [1.82, 2.24) is 4.90 Å². The first-order chi connectivity index (χ1) is 4.55. The smallest absolute Gasteiger partial charge is 0.320 e. The number of carbonyl (C=O) groups is 1. The number of likely N-dealkylation sites (N-methyl/N-ethyl adjacent to an activating group) is 1. The quantitative estimate of drug-likeness (QED) is 0.562. The molecular formula is C6H15NO3. The van der Waals surface area contributed by atoms with Crippen LogP contribution in [0.25, 0.3) is 0 Å². The summed E-state index contributed by atoms with van der Waals surface area (Å²) in [6, 6.07) is -0.380. The molecule has 1 atom stereocenters. The minimum absolute atomic E-state index is 0.380. The van der Waals surface area contributed by atoms with Crippen molar-refractivity contribution in [2.24, 2.45) is 0 Å². The molecule has 2 N–H and O–H groups in total. The van der Waals surface area contributed by atoms with Crippen molar-refractivity contribution in [2.75, 3.05) is 21.2 Å². The lowest BCUT2D eigenvalue weighted by Gasteiger charge is -2.13. The molecule has 10 heavy (non-hydrogen) atoms. The van der Waals surface area contributed by atoms with E-state index in [4.69, 9.17) is 10.2 Å². The SMILES string of the molecule is CC(C(=O)O)N(C)C.CO. The second-order valence-electron chi connectivity index (χ2n) is 1.98. The van der Waals surface area contributed by atoms with Crippen LogP contribution in [0.15, 0.2) is 0 Å². The number of rotatable bonds is 2. The molecule has 0 heterocycles. The van der Waals surface area contributed by atoms with E-state index in [-0.39, 0.29) is 6.04 Å². The van der Waals surface area contributed by atoms with Gasteiger partial charge in [-0.25, -0.2) is 0 Å². The number of nitrogens with zero attached hydrogens (tertiary/aromatic N) is 1. The average molecular weight is 149 g/mol. The van der Waals surface area contributed by atoms with Gasteiger partial charge in [-0.3, -0.25) is 9.69 Å². The van der Waals surface area contributed by atoms with Gasteiger partial charge in [-0.2, -0.15) is 0 Å². The highest BCUT2D eigenvalue weighted by Gasteiger charge is 2.11. The number of hydrogen-bond donors (Lipinski definition) is 2. The van der Waals surface area contributed by atoms with Gasteiger partial charge in [0, 0.05) is 7.11 Å². The van der Waals surface area contributed by atoms with Crippen molar-refractivity contribution in [2.45, 2.75) is 13.0 Å². The zero-order chi connectivity index (χ0) is 8.73. The van der Waals surface area contributed by atoms with E-state index >= 15 is 0 Å². The van der Waals surface area contributed by atoms with Gasteiger partial charge in [0.25, 0.3) is 0 Å². The predicted octanol–water partition coefficient (Wildman–Crippen LogP) is -0.370. The first kappa shape index (κ1) is 12.1. The zero-order valence-electron chi connectivity index (χ0n) is 6.83. The predicted molar refractivity (Wildman–Crippen MR) is 38.9 cm³/mol. The van der Waals surface area contributed by atoms with Gasteiger partial charge in [0.2, 0.25) is 0 Å². The Hall–Kier alpha value is -0.610. The molecule has 0 spiro atoms. The first-order valence-electron chi connectivity index (χ1n) is 2.89. The molecule has 0 fully saturated rings. The van der Waals surface area contributed by atoms with Gasteiger partial charge < -0.3 is 10.2 Å². The molecule has 0 amide bonds. The van der Waals surface area contributed by atoms with E-state index in [1.165, 1.54) is 0 Å². The molecule has 1 unspecified atom stereocenters. The number of aliphatic hydroxyl groups is 1. The van der Waals surface area contributed by atoms with E-state index < -0.39 is 5.97 Å². The number of carboxylic acid groups (broad SMARTS) is 1. The van der Waals surface area contributed by atoms with Crippen LogP contribution < -0.4 is 0 Å². The van der Waals surface area contributed by atoms with Gasteiger partial charge in [-0.05, 0) is 21.0 Å². The van der Waals surface area contributed by atoms with E-state index in [0.717, 1.165) is 7.11 Å². The number of carboxylic acids is 1. The maximum absolute atomic E-state index is 10.1. The molecule has 0 aliphatic carbocycles. The highest BCUT2D eigenvalue weighted by Crippen LogP contribution is 1.88. The van der Waals surface area contributed by atoms with Gasteiger partial charge in [0.15, 0.2) is 0 Å². The normalized spacial score (nSPS) is 11.8. The molecule has 0 rings (SSSR count). The molecule has 0 saturated carbocycles. The van der Waals surface area contributed by atoms with Crippen molar-refractivity contribution in [3.63, 3.8) is 0 Å². The Labute approximate surface area is 61.1 Å². The third kappa shape index (κ3) is 5.53. The molecule has 0 aromatic carbocycles. The Morgan fingerprint density at radius 2 is 1.70 bits per heavy atom. The van der Waals surface area contributed by atoms with Crippen LogP contribution in [-0.2, 0) is 4.79 Å². The van der Waals surface area contributed by atoms with E-state index in [9.17, 15) is 4.79 Å². The molecule has 0 aromatic heterocycles. The van der Waals surface area contributed by atoms with Crippen LogP contribution >= 0.6 is 0 Å². The number of hydrogen-bond acceptors (Lipinski definition) is 3. The summed E-state index contributed by atoms with van der Waals surface area (Å²) in [6.45, 7) is 1.64. The van der Waals surface area contributed by atoms with Crippen molar-refractivity contribution in [1.29, 1.82) is 0 Å². The molecule has 4 heteroatoms. The Morgan fingerprint density at radius 1 is 1.40 bits per heavy atom. The molecule has 0 aliphatic rings. The molecule has 4 nitrogen and oxygen atoms in total. The third-order valence-electron chi connectivity index (χ3n) is 1.13. The maximum atomic E-state index is 10.1. The summed E-state index contributed by atoms with van der Waals surface area (Å²) in [7, 11) is 4.47. The highest BCUT2D eigenvalue weighted by atomic mass is 16.4. The summed E-state index contributed by atoms with van der Waals surface area (Å²) in [5.41, 5.74) is 0. The van der Waals surface area contributed by atoms with E-state index in [2.05, 4.69) is 0 Å². The first-order valence-corrected chi connectivity index (χ1v) is 2.89. The van der Waals surface area contributed by atoms with Gasteiger partial charge in [0.1, 0.15) is 6.04 Å². The van der Waals surface area contributed by atoms with Crippen molar-refractivity contribution in [3.8, 4) is 0 Å². The van der Waals surface area contributed by atoms with E-state index in [0.29, 0.717) is 0 Å². The fraction of sp³-hybridized carbons (Fsp3) is 0.833. The summed E-state index contributed by atoms with van der Waals surface area (Å²) in [5.74, 6) is -0.782. The van der Waals surface area contributed by atoms with Crippen molar-refractivity contribution >= 4 is 5.97 Å². The van der Waals surface area contributed by atoms with Crippen LogP contribution in [0, 0.1) is 0 Å². The van der Waals surface area contributed by atoms with Crippen LogP contribution in [0.3, 0.4) is 0 Å². The molecule has 0 radical (unpaired) electrons. The fourth-order valence-electron chi connectivity index (χ4n) is 0.221. The van der Waals surface area contributed by atoms with Crippen LogP contribution in [0.1, 0.15) is 6.92 Å². The molecule has 0 aromatic rings. The summed E-state index contributed by atoms with van der Waals surface area (Å²) < 4.78 is 0. The van der Waals surface area contributed by atoms with E-state index in [1.807, 2.05) is 0 Å². The third-order valence-corrected chi connectivity index (χ3v) is 1.13. The lowest BCUT2D eigenvalue weighted by Crippen LogP contribution is -2.32. The monoisotopic (exact) mass is 149 g/mol. The summed E-state index contributed by atoms with van der Waals surface area (Å²) >= 11 is 0. The second kappa shape index (κ2) is 6.51. The fourth-order valence-corrected chi connectivity index (χ4v) is 0.221. The summed E-state index contributed by atoms with van der Waals surface area (Å²) in [5, 5.41) is 15.3. The Morgan fingerprint density at radius 3 is 1.70 bits per heavy atom. The van der Waals surface area contributed by atoms with Gasteiger partial charge in [0.05, 0.1) is 0 Å². The molecule has 0 aliphatic heterocycles. The zero-order valence-corrected chi connectivity index (χ0v) is 6.83. The lowest BCUT2D eigenvalue weighted by atomic mass is 10.3. The van der Waals surface area contributed by atoms with Crippen LogP contribution in [0.4, 0.5) is 0 Å². The van der Waals surface area contributed by atoms with Crippen molar-refractivity contribution < 1.29 is 15.0 Å². The minimum Gasteiger partial charge on any atom is -0.480 e. The standard InChI is InChI=1S/C5H11NO2.CH4O/c1-4(5(7)8)6(2)3;1-2/h4H,1-3H3,(H,7,8);2H,1H3. The minimum atomic E-state index is -0.782. The van der Waals surface area contributed by atoms with E-state index in [1.54, 1.807) is 25.9 Å². The van der Waals surface area contributed by atoms with Crippen molar-refractivity contribution in [3.05, 3.63) is 0 Å². The highest BCUT2D eigenvalue weighted by molar-refractivity contribution is 5.72. The maximum Gasteiger partial charge on any atom is 0.320 e. The summed E-state index contributed by atoms with van der Waals surface area (Å²) in [6.07, 6.45) is 0.